The Morgan fingerprint density at radius 1 is 1.19 bits per heavy atom. The standard InChI is InChI=1S/C16H22N2O2S/c1-11-18-14(10-21-11)9-13(17-2)7-12-5-6-15(19-3)16(8-12)20-4/h5-6,8,10,13,17H,7,9H2,1-4H3. The van der Waals surface area contributed by atoms with E-state index in [1.807, 2.05) is 26.1 Å². The molecule has 0 aliphatic heterocycles. The van der Waals surface area contributed by atoms with E-state index in [2.05, 4.69) is 21.7 Å². The molecule has 21 heavy (non-hydrogen) atoms. The third kappa shape index (κ3) is 4.19. The predicted octanol–water partition coefficient (Wildman–Crippen LogP) is 2.84. The molecule has 1 atom stereocenters. The fraction of sp³-hybridized carbons (Fsp3) is 0.438. The summed E-state index contributed by atoms with van der Waals surface area (Å²) in [5, 5.41) is 6.62. The molecular formula is C16H22N2O2S. The molecule has 2 rings (SSSR count). The SMILES string of the molecule is CNC(Cc1ccc(OC)c(OC)c1)Cc1csc(C)n1. The van der Waals surface area contributed by atoms with Gasteiger partial charge in [0.15, 0.2) is 11.5 Å². The Balaban J connectivity index is 2.07. The lowest BCUT2D eigenvalue weighted by atomic mass is 10.0. The number of aryl methyl sites for hydroxylation is 1. The van der Waals surface area contributed by atoms with Crippen LogP contribution in [0.1, 0.15) is 16.3 Å². The number of likely N-dealkylation sites (N-methyl/N-ethyl adjacent to an activating group) is 1. The van der Waals surface area contributed by atoms with Crippen LogP contribution >= 0.6 is 11.3 Å². The van der Waals surface area contributed by atoms with E-state index in [1.165, 1.54) is 5.56 Å². The number of hydrogen-bond acceptors (Lipinski definition) is 5. The lowest BCUT2D eigenvalue weighted by Crippen LogP contribution is -2.30. The number of aromatic nitrogens is 1. The maximum Gasteiger partial charge on any atom is 0.160 e. The zero-order valence-electron chi connectivity index (χ0n) is 13.0. The van der Waals surface area contributed by atoms with Crippen molar-refractivity contribution in [1.29, 1.82) is 0 Å². The number of thiazole rings is 1. The Hall–Kier alpha value is -1.59. The lowest BCUT2D eigenvalue weighted by Gasteiger charge is -2.16. The Labute approximate surface area is 130 Å². The highest BCUT2D eigenvalue weighted by atomic mass is 32.1. The third-order valence-electron chi connectivity index (χ3n) is 3.46. The van der Waals surface area contributed by atoms with E-state index in [0.717, 1.165) is 35.0 Å². The number of methoxy groups -OCH3 is 2. The summed E-state index contributed by atoms with van der Waals surface area (Å²) in [6, 6.07) is 6.42. The molecule has 1 N–H and O–H groups in total. The molecule has 0 saturated heterocycles. The normalized spacial score (nSPS) is 12.2. The van der Waals surface area contributed by atoms with Crippen molar-refractivity contribution in [2.45, 2.75) is 25.8 Å². The van der Waals surface area contributed by atoms with Gasteiger partial charge in [0.2, 0.25) is 0 Å². The van der Waals surface area contributed by atoms with Crippen LogP contribution in [0.2, 0.25) is 0 Å². The summed E-state index contributed by atoms with van der Waals surface area (Å²) < 4.78 is 10.6. The van der Waals surface area contributed by atoms with Crippen molar-refractivity contribution in [3.8, 4) is 11.5 Å². The van der Waals surface area contributed by atoms with Crippen LogP contribution in [-0.2, 0) is 12.8 Å². The molecule has 0 spiro atoms. The molecule has 114 valence electrons. The smallest absolute Gasteiger partial charge is 0.160 e. The average molecular weight is 306 g/mol. The second-order valence-corrected chi connectivity index (χ2v) is 6.00. The van der Waals surface area contributed by atoms with E-state index in [4.69, 9.17) is 9.47 Å². The van der Waals surface area contributed by atoms with Gasteiger partial charge in [0.25, 0.3) is 0 Å². The van der Waals surface area contributed by atoms with Gasteiger partial charge in [-0.25, -0.2) is 4.98 Å². The summed E-state index contributed by atoms with van der Waals surface area (Å²) in [6.45, 7) is 2.04. The van der Waals surface area contributed by atoms with Gasteiger partial charge in [-0.15, -0.1) is 11.3 Å². The summed E-state index contributed by atoms with van der Waals surface area (Å²) in [6.07, 6.45) is 1.85. The van der Waals surface area contributed by atoms with E-state index in [-0.39, 0.29) is 0 Å². The number of benzene rings is 1. The van der Waals surface area contributed by atoms with Crippen molar-refractivity contribution in [3.05, 3.63) is 39.8 Å². The second-order valence-electron chi connectivity index (χ2n) is 4.94. The van der Waals surface area contributed by atoms with E-state index < -0.39 is 0 Å². The maximum absolute atomic E-state index is 5.36. The van der Waals surface area contributed by atoms with Crippen LogP contribution in [0.5, 0.6) is 11.5 Å². The Bertz CT molecular complexity index is 583. The summed E-state index contributed by atoms with van der Waals surface area (Å²) >= 11 is 1.70. The number of hydrogen-bond donors (Lipinski definition) is 1. The van der Waals surface area contributed by atoms with Crippen molar-refractivity contribution in [2.24, 2.45) is 0 Å². The van der Waals surface area contributed by atoms with Crippen LogP contribution in [0, 0.1) is 6.92 Å². The Morgan fingerprint density at radius 2 is 1.95 bits per heavy atom. The summed E-state index contributed by atoms with van der Waals surface area (Å²) in [7, 11) is 5.30. The van der Waals surface area contributed by atoms with E-state index in [0.29, 0.717) is 6.04 Å². The van der Waals surface area contributed by atoms with Crippen LogP contribution in [0.3, 0.4) is 0 Å². The van der Waals surface area contributed by atoms with Gasteiger partial charge in [-0.1, -0.05) is 6.07 Å². The Morgan fingerprint density at radius 3 is 2.52 bits per heavy atom. The quantitative estimate of drug-likeness (QED) is 0.854. The number of rotatable bonds is 7. The molecular weight excluding hydrogens is 284 g/mol. The highest BCUT2D eigenvalue weighted by Crippen LogP contribution is 2.28. The largest absolute Gasteiger partial charge is 0.493 e. The van der Waals surface area contributed by atoms with Gasteiger partial charge in [-0.3, -0.25) is 0 Å². The molecule has 0 aliphatic carbocycles. The van der Waals surface area contributed by atoms with Crippen molar-refractivity contribution in [1.82, 2.24) is 10.3 Å². The molecule has 0 radical (unpaired) electrons. The number of ether oxygens (including phenoxy) is 2. The maximum atomic E-state index is 5.36. The van der Waals surface area contributed by atoms with E-state index >= 15 is 0 Å². The molecule has 4 nitrogen and oxygen atoms in total. The first-order valence-electron chi connectivity index (χ1n) is 6.95. The van der Waals surface area contributed by atoms with Gasteiger partial charge < -0.3 is 14.8 Å². The van der Waals surface area contributed by atoms with Gasteiger partial charge in [0.1, 0.15) is 0 Å². The molecule has 0 amide bonds. The van der Waals surface area contributed by atoms with Crippen LogP contribution in [0.4, 0.5) is 0 Å². The van der Waals surface area contributed by atoms with Crippen molar-refractivity contribution in [2.75, 3.05) is 21.3 Å². The van der Waals surface area contributed by atoms with Gasteiger partial charge >= 0.3 is 0 Å². The number of nitrogens with zero attached hydrogens (tertiary/aromatic N) is 1. The fourth-order valence-electron chi connectivity index (χ4n) is 2.32. The van der Waals surface area contributed by atoms with Crippen LogP contribution in [0.25, 0.3) is 0 Å². The fourth-order valence-corrected chi connectivity index (χ4v) is 2.95. The predicted molar refractivity (Wildman–Crippen MR) is 86.7 cm³/mol. The average Bonchev–Trinajstić information content (AvgIpc) is 2.91. The zero-order chi connectivity index (χ0) is 15.2. The van der Waals surface area contributed by atoms with Crippen molar-refractivity contribution in [3.63, 3.8) is 0 Å². The molecule has 2 aromatic rings. The molecule has 1 aromatic heterocycles. The van der Waals surface area contributed by atoms with Gasteiger partial charge in [0.05, 0.1) is 24.9 Å². The highest BCUT2D eigenvalue weighted by molar-refractivity contribution is 7.09. The number of nitrogens with one attached hydrogen (secondary N) is 1. The topological polar surface area (TPSA) is 43.4 Å². The van der Waals surface area contributed by atoms with Gasteiger partial charge in [-0.05, 0) is 38.1 Å². The highest BCUT2D eigenvalue weighted by Gasteiger charge is 2.12. The van der Waals surface area contributed by atoms with Gasteiger partial charge in [-0.2, -0.15) is 0 Å². The summed E-state index contributed by atoms with van der Waals surface area (Å²) in [5.41, 5.74) is 2.37. The first kappa shape index (κ1) is 15.8. The molecule has 1 aromatic carbocycles. The van der Waals surface area contributed by atoms with Crippen LogP contribution in [-0.4, -0.2) is 32.3 Å². The molecule has 1 unspecified atom stereocenters. The van der Waals surface area contributed by atoms with Gasteiger partial charge in [0, 0.05) is 17.8 Å². The van der Waals surface area contributed by atoms with E-state index in [1.54, 1.807) is 25.6 Å². The minimum Gasteiger partial charge on any atom is -0.493 e. The minimum atomic E-state index is 0.351. The summed E-state index contributed by atoms with van der Waals surface area (Å²) in [4.78, 5) is 4.53. The van der Waals surface area contributed by atoms with Crippen LogP contribution < -0.4 is 14.8 Å². The molecule has 0 bridgehead atoms. The molecule has 1 heterocycles. The summed E-state index contributed by atoms with van der Waals surface area (Å²) in [5.74, 6) is 1.53. The van der Waals surface area contributed by atoms with Crippen LogP contribution in [0.15, 0.2) is 23.6 Å². The zero-order valence-corrected chi connectivity index (χ0v) is 13.8. The minimum absolute atomic E-state index is 0.351. The Kier molecular flexibility index (Phi) is 5.59. The molecule has 0 aliphatic rings. The second kappa shape index (κ2) is 7.43. The molecule has 5 heteroatoms. The first-order chi connectivity index (χ1) is 10.2. The third-order valence-corrected chi connectivity index (χ3v) is 4.28. The van der Waals surface area contributed by atoms with Crippen molar-refractivity contribution >= 4 is 11.3 Å². The molecule has 0 fully saturated rings. The van der Waals surface area contributed by atoms with E-state index in [9.17, 15) is 0 Å². The lowest BCUT2D eigenvalue weighted by molar-refractivity contribution is 0.354. The monoisotopic (exact) mass is 306 g/mol. The van der Waals surface area contributed by atoms with Crippen molar-refractivity contribution < 1.29 is 9.47 Å². The molecule has 0 saturated carbocycles. The first-order valence-corrected chi connectivity index (χ1v) is 7.83.